The van der Waals surface area contributed by atoms with Crippen LogP contribution < -0.4 is 15.8 Å². The van der Waals surface area contributed by atoms with Crippen LogP contribution in [-0.2, 0) is 9.53 Å². The van der Waals surface area contributed by atoms with Gasteiger partial charge in [-0.05, 0) is 32.2 Å². The van der Waals surface area contributed by atoms with E-state index in [-0.39, 0.29) is 11.9 Å². The average molecular weight is 295 g/mol. The minimum atomic E-state index is -0.0737. The summed E-state index contributed by atoms with van der Waals surface area (Å²) in [5.74, 6) is 0.522. The summed E-state index contributed by atoms with van der Waals surface area (Å²) >= 11 is 0. The van der Waals surface area contributed by atoms with Crippen LogP contribution in [0.1, 0.15) is 13.3 Å². The van der Waals surface area contributed by atoms with Crippen molar-refractivity contribution >= 4 is 17.3 Å². The first-order valence-corrected chi connectivity index (χ1v) is 6.90. The number of ether oxygens (including phenoxy) is 2. The molecule has 0 heterocycles. The van der Waals surface area contributed by atoms with Gasteiger partial charge in [-0.15, -0.1) is 0 Å². The summed E-state index contributed by atoms with van der Waals surface area (Å²) < 4.78 is 10.3. The van der Waals surface area contributed by atoms with Crippen molar-refractivity contribution in [2.45, 2.75) is 19.4 Å². The largest absolute Gasteiger partial charge is 0.495 e. The fourth-order valence-corrected chi connectivity index (χ4v) is 1.90. The molecule has 0 spiro atoms. The third-order valence-corrected chi connectivity index (χ3v) is 3.35. The van der Waals surface area contributed by atoms with E-state index in [9.17, 15) is 4.79 Å². The molecule has 1 rings (SSSR count). The smallest absolute Gasteiger partial charge is 0.225 e. The van der Waals surface area contributed by atoms with Crippen LogP contribution in [0.2, 0.25) is 0 Å². The van der Waals surface area contributed by atoms with Gasteiger partial charge in [0.05, 0.1) is 19.4 Å². The van der Waals surface area contributed by atoms with Crippen molar-refractivity contribution in [2.75, 3.05) is 45.5 Å². The number of hydrogen-bond donors (Lipinski definition) is 2. The number of nitrogen functional groups attached to an aromatic ring is 1. The highest BCUT2D eigenvalue weighted by molar-refractivity contribution is 5.93. The van der Waals surface area contributed by atoms with Crippen molar-refractivity contribution in [3.63, 3.8) is 0 Å². The molecule has 1 amide bonds. The zero-order valence-electron chi connectivity index (χ0n) is 13.2. The Morgan fingerprint density at radius 2 is 2.14 bits per heavy atom. The zero-order chi connectivity index (χ0) is 15.8. The number of nitrogens with one attached hydrogen (secondary N) is 1. The number of hydrogen-bond acceptors (Lipinski definition) is 5. The quantitative estimate of drug-likeness (QED) is 0.712. The molecule has 1 aromatic rings. The van der Waals surface area contributed by atoms with E-state index in [2.05, 4.69) is 17.1 Å². The maximum absolute atomic E-state index is 12.0. The summed E-state index contributed by atoms with van der Waals surface area (Å²) in [5, 5.41) is 2.83. The molecular weight excluding hydrogens is 270 g/mol. The first-order chi connectivity index (χ1) is 9.97. The number of likely N-dealkylation sites (N-methyl/N-ethyl adjacent to an activating group) is 1. The molecule has 0 saturated carbocycles. The van der Waals surface area contributed by atoms with Crippen molar-refractivity contribution in [3.05, 3.63) is 18.2 Å². The summed E-state index contributed by atoms with van der Waals surface area (Å²) in [6, 6.07) is 5.42. The van der Waals surface area contributed by atoms with Crippen molar-refractivity contribution in [1.29, 1.82) is 0 Å². The molecule has 0 aliphatic rings. The van der Waals surface area contributed by atoms with Gasteiger partial charge in [0.2, 0.25) is 5.91 Å². The third kappa shape index (κ3) is 5.61. The fourth-order valence-electron chi connectivity index (χ4n) is 1.90. The van der Waals surface area contributed by atoms with E-state index >= 15 is 0 Å². The van der Waals surface area contributed by atoms with E-state index < -0.39 is 0 Å². The standard InChI is InChI=1S/C15H25N3O3/c1-11(10-20-3)18(2)8-7-15(19)17-13-9-12(16)5-6-14(13)21-4/h5-6,9,11H,7-8,10,16H2,1-4H3,(H,17,19). The van der Waals surface area contributed by atoms with E-state index in [1.54, 1.807) is 32.4 Å². The Morgan fingerprint density at radius 1 is 1.43 bits per heavy atom. The predicted octanol–water partition coefficient (Wildman–Crippen LogP) is 1.57. The lowest BCUT2D eigenvalue weighted by Gasteiger charge is -2.23. The second-order valence-corrected chi connectivity index (χ2v) is 5.04. The van der Waals surface area contributed by atoms with Crippen LogP contribution in [0.3, 0.4) is 0 Å². The van der Waals surface area contributed by atoms with Crippen LogP contribution in [0.15, 0.2) is 18.2 Å². The summed E-state index contributed by atoms with van der Waals surface area (Å²) in [6.45, 7) is 3.35. The molecule has 21 heavy (non-hydrogen) atoms. The fraction of sp³-hybridized carbons (Fsp3) is 0.533. The lowest BCUT2D eigenvalue weighted by molar-refractivity contribution is -0.116. The Labute approximate surface area is 126 Å². The van der Waals surface area contributed by atoms with E-state index in [4.69, 9.17) is 15.2 Å². The van der Waals surface area contributed by atoms with E-state index in [1.807, 2.05) is 7.05 Å². The van der Waals surface area contributed by atoms with Gasteiger partial charge in [-0.2, -0.15) is 0 Å². The van der Waals surface area contributed by atoms with Gasteiger partial charge in [0.1, 0.15) is 5.75 Å². The molecule has 0 radical (unpaired) electrons. The van der Waals surface area contributed by atoms with Gasteiger partial charge in [0.25, 0.3) is 0 Å². The Hall–Kier alpha value is -1.79. The first kappa shape index (κ1) is 17.3. The Balaban J connectivity index is 2.52. The number of nitrogens with two attached hydrogens (primary N) is 1. The Bertz CT molecular complexity index is 465. The van der Waals surface area contributed by atoms with Crippen LogP contribution in [0.4, 0.5) is 11.4 Å². The molecule has 118 valence electrons. The summed E-state index contributed by atoms with van der Waals surface area (Å²) in [4.78, 5) is 14.1. The average Bonchev–Trinajstić information content (AvgIpc) is 2.45. The minimum Gasteiger partial charge on any atom is -0.495 e. The molecule has 3 N–H and O–H groups in total. The van der Waals surface area contributed by atoms with Gasteiger partial charge in [-0.1, -0.05) is 0 Å². The molecule has 1 unspecified atom stereocenters. The normalized spacial score (nSPS) is 12.2. The number of carbonyl (C=O) groups excluding carboxylic acids is 1. The molecule has 0 bridgehead atoms. The van der Waals surface area contributed by atoms with E-state index in [0.29, 0.717) is 36.7 Å². The molecule has 1 aromatic carbocycles. The molecule has 0 aromatic heterocycles. The predicted molar refractivity (Wildman–Crippen MR) is 84.6 cm³/mol. The summed E-state index contributed by atoms with van der Waals surface area (Å²) in [7, 11) is 5.20. The van der Waals surface area contributed by atoms with Crippen LogP contribution >= 0.6 is 0 Å². The Kier molecular flexibility index (Phi) is 6.98. The molecule has 0 saturated heterocycles. The topological polar surface area (TPSA) is 76.8 Å². The molecule has 6 nitrogen and oxygen atoms in total. The van der Waals surface area contributed by atoms with E-state index in [0.717, 1.165) is 0 Å². The number of nitrogens with zero attached hydrogens (tertiary/aromatic N) is 1. The number of carbonyl (C=O) groups is 1. The van der Waals surface area contributed by atoms with Crippen LogP contribution in [0.25, 0.3) is 0 Å². The maximum atomic E-state index is 12.0. The summed E-state index contributed by atoms with van der Waals surface area (Å²) in [6.07, 6.45) is 0.391. The van der Waals surface area contributed by atoms with Gasteiger partial charge < -0.3 is 25.4 Å². The van der Waals surface area contributed by atoms with Gasteiger partial charge in [-0.3, -0.25) is 4.79 Å². The number of amides is 1. The lowest BCUT2D eigenvalue weighted by Crippen LogP contribution is -2.35. The van der Waals surface area contributed by atoms with Crippen LogP contribution in [0.5, 0.6) is 5.75 Å². The van der Waals surface area contributed by atoms with Crippen molar-refractivity contribution < 1.29 is 14.3 Å². The molecule has 0 aliphatic carbocycles. The van der Waals surface area contributed by atoms with Gasteiger partial charge in [0, 0.05) is 31.8 Å². The summed E-state index contributed by atoms with van der Waals surface area (Å²) in [5.41, 5.74) is 6.90. The number of rotatable bonds is 8. The lowest BCUT2D eigenvalue weighted by atomic mass is 10.2. The second-order valence-electron chi connectivity index (χ2n) is 5.04. The highest BCUT2D eigenvalue weighted by atomic mass is 16.5. The van der Waals surface area contributed by atoms with Gasteiger partial charge in [-0.25, -0.2) is 0 Å². The number of benzene rings is 1. The van der Waals surface area contributed by atoms with Gasteiger partial charge in [0.15, 0.2) is 0 Å². The molecule has 0 fully saturated rings. The molecule has 1 atom stereocenters. The van der Waals surface area contributed by atoms with Gasteiger partial charge >= 0.3 is 0 Å². The maximum Gasteiger partial charge on any atom is 0.225 e. The molecule has 6 heteroatoms. The molecule has 0 aliphatic heterocycles. The second kappa shape index (κ2) is 8.49. The van der Waals surface area contributed by atoms with Crippen LogP contribution in [0, 0.1) is 0 Å². The number of anilines is 2. The van der Waals surface area contributed by atoms with Crippen molar-refractivity contribution in [2.24, 2.45) is 0 Å². The van der Waals surface area contributed by atoms with Crippen LogP contribution in [-0.4, -0.2) is 51.3 Å². The Morgan fingerprint density at radius 3 is 2.76 bits per heavy atom. The highest BCUT2D eigenvalue weighted by Crippen LogP contribution is 2.26. The minimum absolute atomic E-state index is 0.0737. The monoisotopic (exact) mass is 295 g/mol. The van der Waals surface area contributed by atoms with Crippen molar-refractivity contribution in [1.82, 2.24) is 4.90 Å². The number of methoxy groups -OCH3 is 2. The first-order valence-electron chi connectivity index (χ1n) is 6.90. The zero-order valence-corrected chi connectivity index (χ0v) is 13.2. The molecular formula is C15H25N3O3. The van der Waals surface area contributed by atoms with Crippen molar-refractivity contribution in [3.8, 4) is 5.75 Å². The highest BCUT2D eigenvalue weighted by Gasteiger charge is 2.12. The third-order valence-electron chi connectivity index (χ3n) is 3.35. The SMILES string of the molecule is COCC(C)N(C)CCC(=O)Nc1cc(N)ccc1OC. The van der Waals surface area contributed by atoms with E-state index in [1.165, 1.54) is 0 Å².